The maximum absolute atomic E-state index is 8.33. The summed E-state index contributed by atoms with van der Waals surface area (Å²) in [5.74, 6) is 0. The molecule has 0 aliphatic carbocycles. The van der Waals surface area contributed by atoms with Crippen LogP contribution in [0.1, 0.15) is 19.3 Å². The molecule has 0 fully saturated rings. The summed E-state index contributed by atoms with van der Waals surface area (Å²) >= 11 is 5.75. The number of benzene rings is 1. The molecule has 0 bridgehead atoms. The van der Waals surface area contributed by atoms with E-state index in [1.54, 1.807) is 0 Å². The van der Waals surface area contributed by atoms with E-state index in [1.807, 2.05) is 24.3 Å². The minimum absolute atomic E-state index is 0.641. The number of unbranched alkanes of at least 4 members (excludes halogenated alkanes) is 2. The number of halogens is 1. The van der Waals surface area contributed by atoms with E-state index in [9.17, 15) is 0 Å². The normalized spacial score (nSPS) is 9.43. The number of nitriles is 1. The predicted octanol–water partition coefficient (Wildman–Crippen LogP) is 3.45. The van der Waals surface area contributed by atoms with Crippen molar-refractivity contribution in [2.75, 3.05) is 11.9 Å². The second kappa shape index (κ2) is 6.28. The molecule has 0 heterocycles. The van der Waals surface area contributed by atoms with Gasteiger partial charge in [-0.05, 0) is 37.1 Å². The van der Waals surface area contributed by atoms with E-state index in [4.69, 9.17) is 16.9 Å². The number of anilines is 1. The number of hydrogen-bond acceptors (Lipinski definition) is 2. The number of nitrogens with zero attached hydrogens (tertiary/aromatic N) is 1. The molecule has 0 saturated heterocycles. The van der Waals surface area contributed by atoms with Crippen molar-refractivity contribution in [1.82, 2.24) is 0 Å². The van der Waals surface area contributed by atoms with Crippen LogP contribution in [0, 0.1) is 11.3 Å². The van der Waals surface area contributed by atoms with Crippen LogP contribution >= 0.6 is 11.6 Å². The molecule has 1 aromatic carbocycles. The van der Waals surface area contributed by atoms with Crippen molar-refractivity contribution in [3.63, 3.8) is 0 Å². The average Bonchev–Trinajstić information content (AvgIpc) is 2.21. The molecule has 0 unspecified atom stereocenters. The minimum Gasteiger partial charge on any atom is -0.385 e. The molecule has 14 heavy (non-hydrogen) atoms. The molecular weight excluding hydrogens is 196 g/mol. The van der Waals surface area contributed by atoms with Gasteiger partial charge in [0.05, 0.1) is 6.07 Å². The molecule has 74 valence electrons. The Morgan fingerprint density at radius 1 is 1.21 bits per heavy atom. The van der Waals surface area contributed by atoms with Crippen molar-refractivity contribution >= 4 is 17.3 Å². The van der Waals surface area contributed by atoms with Gasteiger partial charge in [-0.1, -0.05) is 11.6 Å². The maximum Gasteiger partial charge on any atom is 0.0621 e. The van der Waals surface area contributed by atoms with Gasteiger partial charge in [0.25, 0.3) is 0 Å². The van der Waals surface area contributed by atoms with Crippen LogP contribution in [-0.4, -0.2) is 6.54 Å². The Kier molecular flexibility index (Phi) is 4.88. The van der Waals surface area contributed by atoms with Crippen molar-refractivity contribution in [3.05, 3.63) is 29.3 Å². The Morgan fingerprint density at radius 3 is 2.57 bits per heavy atom. The fourth-order valence-electron chi connectivity index (χ4n) is 1.13. The van der Waals surface area contributed by atoms with Gasteiger partial charge in [0.1, 0.15) is 0 Å². The molecule has 0 radical (unpaired) electrons. The van der Waals surface area contributed by atoms with E-state index < -0.39 is 0 Å². The van der Waals surface area contributed by atoms with Gasteiger partial charge in [0.2, 0.25) is 0 Å². The molecule has 0 atom stereocenters. The quantitative estimate of drug-likeness (QED) is 0.753. The van der Waals surface area contributed by atoms with Crippen LogP contribution in [0.2, 0.25) is 5.02 Å². The summed E-state index contributed by atoms with van der Waals surface area (Å²) in [4.78, 5) is 0. The SMILES string of the molecule is N#CCCCCNc1ccc(Cl)cc1. The number of nitrogens with one attached hydrogen (secondary N) is 1. The minimum atomic E-state index is 0.641. The highest BCUT2D eigenvalue weighted by atomic mass is 35.5. The van der Waals surface area contributed by atoms with Gasteiger partial charge in [-0.15, -0.1) is 0 Å². The third-order valence-electron chi connectivity index (χ3n) is 1.89. The van der Waals surface area contributed by atoms with Crippen LogP contribution < -0.4 is 5.32 Å². The summed E-state index contributed by atoms with van der Waals surface area (Å²) < 4.78 is 0. The fraction of sp³-hybridized carbons (Fsp3) is 0.364. The Bertz CT molecular complexity index is 300. The smallest absolute Gasteiger partial charge is 0.0621 e. The highest BCUT2D eigenvalue weighted by Crippen LogP contribution is 2.13. The molecule has 0 amide bonds. The zero-order chi connectivity index (χ0) is 10.2. The van der Waals surface area contributed by atoms with Crippen molar-refractivity contribution in [1.29, 1.82) is 5.26 Å². The molecule has 3 heteroatoms. The van der Waals surface area contributed by atoms with Crippen molar-refractivity contribution in [3.8, 4) is 6.07 Å². The molecule has 0 aromatic heterocycles. The zero-order valence-electron chi connectivity index (χ0n) is 7.96. The van der Waals surface area contributed by atoms with E-state index in [0.29, 0.717) is 6.42 Å². The first-order valence-corrected chi connectivity index (χ1v) is 5.07. The first-order chi connectivity index (χ1) is 6.83. The van der Waals surface area contributed by atoms with Crippen molar-refractivity contribution in [2.24, 2.45) is 0 Å². The lowest BCUT2D eigenvalue weighted by Gasteiger charge is -2.04. The highest BCUT2D eigenvalue weighted by molar-refractivity contribution is 6.30. The summed E-state index contributed by atoms with van der Waals surface area (Å²) in [6, 6.07) is 9.75. The van der Waals surface area contributed by atoms with Crippen LogP contribution in [0.5, 0.6) is 0 Å². The maximum atomic E-state index is 8.33. The van der Waals surface area contributed by atoms with Gasteiger partial charge in [0, 0.05) is 23.7 Å². The van der Waals surface area contributed by atoms with E-state index in [1.165, 1.54) is 0 Å². The summed E-state index contributed by atoms with van der Waals surface area (Å²) in [7, 11) is 0. The lowest BCUT2D eigenvalue weighted by atomic mass is 10.2. The molecule has 0 aliphatic rings. The molecular formula is C11H13ClN2. The van der Waals surface area contributed by atoms with Crippen LogP contribution in [0.15, 0.2) is 24.3 Å². The molecule has 1 aromatic rings. The van der Waals surface area contributed by atoms with Crippen molar-refractivity contribution in [2.45, 2.75) is 19.3 Å². The molecule has 0 spiro atoms. The molecule has 2 nitrogen and oxygen atoms in total. The Morgan fingerprint density at radius 2 is 1.93 bits per heavy atom. The summed E-state index contributed by atoms with van der Waals surface area (Å²) in [6.45, 7) is 0.906. The zero-order valence-corrected chi connectivity index (χ0v) is 8.72. The highest BCUT2D eigenvalue weighted by Gasteiger charge is 1.91. The number of hydrogen-bond donors (Lipinski definition) is 1. The van der Waals surface area contributed by atoms with Gasteiger partial charge in [-0.25, -0.2) is 0 Å². The molecule has 1 rings (SSSR count). The average molecular weight is 209 g/mol. The Hall–Kier alpha value is -1.20. The summed E-state index contributed by atoms with van der Waals surface area (Å²) in [5, 5.41) is 12.3. The van der Waals surface area contributed by atoms with Crippen LogP contribution in [0.4, 0.5) is 5.69 Å². The van der Waals surface area contributed by atoms with Gasteiger partial charge < -0.3 is 5.32 Å². The Balaban J connectivity index is 2.19. The first kappa shape index (κ1) is 10.9. The predicted molar refractivity (Wildman–Crippen MR) is 59.4 cm³/mol. The second-order valence-corrected chi connectivity index (χ2v) is 3.49. The van der Waals surface area contributed by atoms with Gasteiger partial charge >= 0.3 is 0 Å². The van der Waals surface area contributed by atoms with E-state index in [-0.39, 0.29) is 0 Å². The lowest BCUT2D eigenvalue weighted by molar-refractivity contribution is 0.785. The second-order valence-electron chi connectivity index (χ2n) is 3.05. The topological polar surface area (TPSA) is 35.8 Å². The molecule has 0 aliphatic heterocycles. The first-order valence-electron chi connectivity index (χ1n) is 4.69. The lowest BCUT2D eigenvalue weighted by Crippen LogP contribution is -2.00. The van der Waals surface area contributed by atoms with E-state index >= 15 is 0 Å². The van der Waals surface area contributed by atoms with Crippen LogP contribution in [0.3, 0.4) is 0 Å². The standard InChI is InChI=1S/C11H13ClN2/c12-10-4-6-11(7-5-10)14-9-3-1-2-8-13/h4-7,14H,1-3,9H2. The molecule has 0 saturated carbocycles. The van der Waals surface area contributed by atoms with E-state index in [0.717, 1.165) is 30.1 Å². The Labute approximate surface area is 89.5 Å². The van der Waals surface area contributed by atoms with E-state index in [2.05, 4.69) is 11.4 Å². The third-order valence-corrected chi connectivity index (χ3v) is 2.14. The molecule has 1 N–H and O–H groups in total. The third kappa shape index (κ3) is 4.15. The largest absolute Gasteiger partial charge is 0.385 e. The number of rotatable bonds is 5. The van der Waals surface area contributed by atoms with Gasteiger partial charge in [-0.2, -0.15) is 5.26 Å². The van der Waals surface area contributed by atoms with Gasteiger partial charge in [0.15, 0.2) is 0 Å². The van der Waals surface area contributed by atoms with Crippen molar-refractivity contribution < 1.29 is 0 Å². The monoisotopic (exact) mass is 208 g/mol. The fourth-order valence-corrected chi connectivity index (χ4v) is 1.26. The van der Waals surface area contributed by atoms with Gasteiger partial charge in [-0.3, -0.25) is 0 Å². The summed E-state index contributed by atoms with van der Waals surface area (Å²) in [5.41, 5.74) is 1.08. The van der Waals surface area contributed by atoms with Crippen LogP contribution in [-0.2, 0) is 0 Å². The van der Waals surface area contributed by atoms with Crippen LogP contribution in [0.25, 0.3) is 0 Å². The summed E-state index contributed by atoms with van der Waals surface area (Å²) in [6.07, 6.45) is 2.62.